The maximum atomic E-state index is 12.4. The highest BCUT2D eigenvalue weighted by atomic mass is 16.5. The quantitative estimate of drug-likeness (QED) is 0.592. The summed E-state index contributed by atoms with van der Waals surface area (Å²) < 4.78 is 5.11. The number of carbonyl (C=O) groups is 1. The second kappa shape index (κ2) is 9.78. The number of benzene rings is 3. The van der Waals surface area contributed by atoms with Crippen LogP contribution in [0, 0.1) is 6.92 Å². The van der Waals surface area contributed by atoms with E-state index in [1.165, 1.54) is 23.8 Å². The summed E-state index contributed by atoms with van der Waals surface area (Å²) in [5, 5.41) is 12.7. The highest BCUT2D eigenvalue weighted by Crippen LogP contribution is 2.28. The van der Waals surface area contributed by atoms with Crippen molar-refractivity contribution in [2.24, 2.45) is 0 Å². The van der Waals surface area contributed by atoms with Gasteiger partial charge in [-0.05, 0) is 42.2 Å². The molecule has 1 unspecified atom stereocenters. The first kappa shape index (κ1) is 20.5. The van der Waals surface area contributed by atoms with Gasteiger partial charge >= 0.3 is 0 Å². The van der Waals surface area contributed by atoms with Crippen LogP contribution in [-0.2, 0) is 11.2 Å². The van der Waals surface area contributed by atoms with Gasteiger partial charge in [0.15, 0.2) is 11.5 Å². The van der Waals surface area contributed by atoms with Gasteiger partial charge in [0, 0.05) is 12.5 Å². The molecule has 0 aliphatic heterocycles. The summed E-state index contributed by atoms with van der Waals surface area (Å²) >= 11 is 0. The van der Waals surface area contributed by atoms with Gasteiger partial charge in [-0.2, -0.15) is 0 Å². The van der Waals surface area contributed by atoms with Gasteiger partial charge in [0.05, 0.1) is 13.5 Å². The number of nitrogens with one attached hydrogen (secondary N) is 1. The van der Waals surface area contributed by atoms with Crippen LogP contribution in [0.4, 0.5) is 0 Å². The molecule has 0 saturated heterocycles. The fourth-order valence-corrected chi connectivity index (χ4v) is 3.53. The maximum Gasteiger partial charge on any atom is 0.224 e. The van der Waals surface area contributed by atoms with E-state index < -0.39 is 0 Å². The molecule has 0 saturated carbocycles. The van der Waals surface area contributed by atoms with Gasteiger partial charge in [-0.3, -0.25) is 4.79 Å². The van der Waals surface area contributed by atoms with Crippen LogP contribution in [0.5, 0.6) is 11.5 Å². The number of phenolic OH excluding ortho intramolecular Hbond substituents is 1. The van der Waals surface area contributed by atoms with E-state index in [1.807, 2.05) is 6.07 Å². The van der Waals surface area contributed by atoms with Crippen molar-refractivity contribution in [1.82, 2.24) is 5.32 Å². The van der Waals surface area contributed by atoms with Crippen molar-refractivity contribution >= 4 is 5.91 Å². The zero-order valence-electron chi connectivity index (χ0n) is 16.9. The number of methoxy groups -OCH3 is 1. The Hall–Kier alpha value is -3.27. The lowest BCUT2D eigenvalue weighted by Gasteiger charge is -2.19. The summed E-state index contributed by atoms with van der Waals surface area (Å²) in [6.45, 7) is 2.68. The Morgan fingerprint density at radius 2 is 1.76 bits per heavy atom. The predicted molar refractivity (Wildman–Crippen MR) is 115 cm³/mol. The lowest BCUT2D eigenvalue weighted by atomic mass is 9.88. The summed E-state index contributed by atoms with van der Waals surface area (Å²) in [6.07, 6.45) is 1.06. The molecule has 3 rings (SSSR count). The number of ether oxygens (including phenoxy) is 1. The van der Waals surface area contributed by atoms with Crippen LogP contribution in [0.3, 0.4) is 0 Å². The molecule has 3 aromatic rings. The van der Waals surface area contributed by atoms with Crippen LogP contribution in [0.1, 0.15) is 34.6 Å². The predicted octanol–water partition coefficient (Wildman–Crippen LogP) is 4.59. The average molecular weight is 389 g/mol. The molecule has 3 aromatic carbocycles. The van der Waals surface area contributed by atoms with Gasteiger partial charge in [-0.15, -0.1) is 0 Å². The number of hydrogen-bond acceptors (Lipinski definition) is 3. The van der Waals surface area contributed by atoms with E-state index in [9.17, 15) is 9.90 Å². The molecule has 0 heterocycles. The number of carbonyl (C=O) groups excluding carboxylic acids is 1. The SMILES string of the molecule is COc1cc(CC(=O)NCCC(c2ccccc2)c2cccc(C)c2)ccc1O. The minimum Gasteiger partial charge on any atom is -0.504 e. The van der Waals surface area contributed by atoms with E-state index in [-0.39, 0.29) is 24.0 Å². The standard InChI is InChI=1S/C25H27NO3/c1-18-7-6-10-21(15-18)22(20-8-4-3-5-9-20)13-14-26-25(28)17-19-11-12-23(27)24(16-19)29-2/h3-12,15-16,22,27H,13-14,17H2,1-2H3,(H,26,28). The Bertz CT molecular complexity index is 953. The van der Waals surface area contributed by atoms with Gasteiger partial charge in [-0.25, -0.2) is 0 Å². The Morgan fingerprint density at radius 3 is 2.48 bits per heavy atom. The first-order chi connectivity index (χ1) is 14.1. The van der Waals surface area contributed by atoms with Crippen LogP contribution in [0.15, 0.2) is 72.8 Å². The van der Waals surface area contributed by atoms with Gasteiger partial charge < -0.3 is 15.2 Å². The lowest BCUT2D eigenvalue weighted by Crippen LogP contribution is -2.27. The second-order valence-electron chi connectivity index (χ2n) is 7.20. The van der Waals surface area contributed by atoms with Crippen molar-refractivity contribution in [1.29, 1.82) is 0 Å². The molecule has 0 aliphatic carbocycles. The third-order valence-corrected chi connectivity index (χ3v) is 5.01. The van der Waals surface area contributed by atoms with Crippen molar-refractivity contribution in [2.75, 3.05) is 13.7 Å². The van der Waals surface area contributed by atoms with Crippen molar-refractivity contribution in [3.05, 3.63) is 95.1 Å². The number of aromatic hydroxyl groups is 1. The molecule has 0 aliphatic rings. The van der Waals surface area contributed by atoms with Crippen molar-refractivity contribution in [3.8, 4) is 11.5 Å². The fraction of sp³-hybridized carbons (Fsp3) is 0.240. The molecule has 0 bridgehead atoms. The number of phenols is 1. The molecular formula is C25H27NO3. The maximum absolute atomic E-state index is 12.4. The third kappa shape index (κ3) is 5.61. The zero-order valence-corrected chi connectivity index (χ0v) is 16.9. The normalized spacial score (nSPS) is 11.7. The molecule has 0 fully saturated rings. The van der Waals surface area contributed by atoms with E-state index in [4.69, 9.17) is 4.74 Å². The second-order valence-corrected chi connectivity index (χ2v) is 7.20. The van der Waals surface area contributed by atoms with Gasteiger partial charge in [0.25, 0.3) is 0 Å². The Labute approximate surface area is 172 Å². The Morgan fingerprint density at radius 1 is 1.00 bits per heavy atom. The first-order valence-corrected chi connectivity index (χ1v) is 9.81. The summed E-state index contributed by atoms with van der Waals surface area (Å²) in [4.78, 5) is 12.4. The van der Waals surface area contributed by atoms with E-state index in [0.717, 1.165) is 12.0 Å². The van der Waals surface area contributed by atoms with E-state index >= 15 is 0 Å². The molecule has 1 amide bonds. The Balaban J connectivity index is 1.63. The molecule has 1 atom stereocenters. The molecule has 4 nitrogen and oxygen atoms in total. The number of hydrogen-bond donors (Lipinski definition) is 2. The molecule has 2 N–H and O–H groups in total. The van der Waals surface area contributed by atoms with Crippen molar-refractivity contribution in [2.45, 2.75) is 25.7 Å². The topological polar surface area (TPSA) is 58.6 Å². The van der Waals surface area contributed by atoms with Crippen LogP contribution >= 0.6 is 0 Å². The monoisotopic (exact) mass is 389 g/mol. The largest absolute Gasteiger partial charge is 0.504 e. The van der Waals surface area contributed by atoms with Gasteiger partial charge in [-0.1, -0.05) is 66.2 Å². The van der Waals surface area contributed by atoms with E-state index in [0.29, 0.717) is 12.3 Å². The van der Waals surface area contributed by atoms with Crippen LogP contribution in [0.2, 0.25) is 0 Å². The number of rotatable bonds is 8. The minimum atomic E-state index is -0.0474. The lowest BCUT2D eigenvalue weighted by molar-refractivity contribution is -0.120. The molecular weight excluding hydrogens is 362 g/mol. The molecule has 150 valence electrons. The average Bonchev–Trinajstić information content (AvgIpc) is 2.73. The van der Waals surface area contributed by atoms with Gasteiger partial charge in [0.2, 0.25) is 5.91 Å². The van der Waals surface area contributed by atoms with E-state index in [2.05, 4.69) is 60.8 Å². The van der Waals surface area contributed by atoms with Crippen LogP contribution in [-0.4, -0.2) is 24.7 Å². The van der Waals surface area contributed by atoms with Crippen LogP contribution < -0.4 is 10.1 Å². The van der Waals surface area contributed by atoms with Crippen LogP contribution in [0.25, 0.3) is 0 Å². The molecule has 4 heteroatoms. The molecule has 0 spiro atoms. The van der Waals surface area contributed by atoms with E-state index in [1.54, 1.807) is 18.2 Å². The van der Waals surface area contributed by atoms with Gasteiger partial charge in [0.1, 0.15) is 0 Å². The first-order valence-electron chi connectivity index (χ1n) is 9.81. The smallest absolute Gasteiger partial charge is 0.224 e. The number of amides is 1. The third-order valence-electron chi connectivity index (χ3n) is 5.01. The fourth-order valence-electron chi connectivity index (χ4n) is 3.53. The summed E-state index contributed by atoms with van der Waals surface area (Å²) in [6, 6.07) is 23.9. The minimum absolute atomic E-state index is 0.0474. The summed E-state index contributed by atoms with van der Waals surface area (Å²) in [5.41, 5.74) is 4.54. The molecule has 0 aromatic heterocycles. The highest BCUT2D eigenvalue weighted by molar-refractivity contribution is 5.78. The Kier molecular flexibility index (Phi) is 6.90. The summed E-state index contributed by atoms with van der Waals surface area (Å²) in [7, 11) is 1.49. The number of aryl methyl sites for hydroxylation is 1. The van der Waals surface area contributed by atoms with Crippen molar-refractivity contribution < 1.29 is 14.6 Å². The molecule has 29 heavy (non-hydrogen) atoms. The highest BCUT2D eigenvalue weighted by Gasteiger charge is 2.15. The van der Waals surface area contributed by atoms with Crippen molar-refractivity contribution in [3.63, 3.8) is 0 Å². The summed E-state index contributed by atoms with van der Waals surface area (Å²) in [5.74, 6) is 0.623. The molecule has 0 radical (unpaired) electrons. The zero-order chi connectivity index (χ0) is 20.6.